The van der Waals surface area contributed by atoms with Gasteiger partial charge in [0.15, 0.2) is 0 Å². The van der Waals surface area contributed by atoms with Crippen LogP contribution in [-0.4, -0.2) is 24.7 Å². The molecule has 86 valence electrons. The van der Waals surface area contributed by atoms with Crippen molar-refractivity contribution in [2.45, 2.75) is 12.8 Å². The van der Waals surface area contributed by atoms with E-state index in [1.165, 1.54) is 0 Å². The monoisotopic (exact) mass is 221 g/mol. The first-order valence-corrected chi connectivity index (χ1v) is 5.33. The predicted molar refractivity (Wildman–Crippen MR) is 60.5 cm³/mol. The van der Waals surface area contributed by atoms with E-state index in [0.717, 1.165) is 17.0 Å². The van der Waals surface area contributed by atoms with Crippen molar-refractivity contribution in [1.29, 1.82) is 0 Å². The molecule has 1 atom stereocenters. The van der Waals surface area contributed by atoms with Crippen LogP contribution in [0.25, 0.3) is 0 Å². The Balaban J connectivity index is 2.24. The van der Waals surface area contributed by atoms with Crippen molar-refractivity contribution in [2.75, 3.05) is 19.0 Å². The number of amides is 1. The maximum Gasteiger partial charge on any atom is 0.227 e. The first kappa shape index (κ1) is 11.0. The average molecular weight is 221 g/mol. The summed E-state index contributed by atoms with van der Waals surface area (Å²) in [5, 5.41) is 11.7. The molecule has 1 aromatic rings. The molecule has 0 aliphatic carbocycles. The number of anilines is 1. The average Bonchev–Trinajstić information content (AvgIpc) is 2.30. The van der Waals surface area contributed by atoms with Crippen LogP contribution in [0.2, 0.25) is 0 Å². The van der Waals surface area contributed by atoms with Crippen LogP contribution in [-0.2, 0) is 11.2 Å². The molecule has 0 saturated carbocycles. The molecule has 0 saturated heterocycles. The Morgan fingerprint density at radius 1 is 1.56 bits per heavy atom. The third-order valence-electron chi connectivity index (χ3n) is 2.89. The molecule has 1 aromatic carbocycles. The molecule has 2 rings (SSSR count). The van der Waals surface area contributed by atoms with Crippen LogP contribution in [0.4, 0.5) is 5.69 Å². The first-order valence-electron chi connectivity index (χ1n) is 5.33. The summed E-state index contributed by atoms with van der Waals surface area (Å²) in [6.45, 7) is 0.0452. The molecular weight excluding hydrogens is 206 g/mol. The highest BCUT2D eigenvalue weighted by atomic mass is 16.5. The lowest BCUT2D eigenvalue weighted by molar-refractivity contribution is -0.120. The molecule has 1 heterocycles. The Morgan fingerprint density at radius 2 is 2.38 bits per heavy atom. The van der Waals surface area contributed by atoms with E-state index in [0.29, 0.717) is 12.8 Å². The van der Waals surface area contributed by atoms with Gasteiger partial charge >= 0.3 is 0 Å². The molecule has 4 heteroatoms. The highest BCUT2D eigenvalue weighted by Crippen LogP contribution is 2.30. The number of benzene rings is 1. The highest BCUT2D eigenvalue weighted by Gasteiger charge is 2.25. The summed E-state index contributed by atoms with van der Waals surface area (Å²) in [6, 6.07) is 5.66. The van der Waals surface area contributed by atoms with Gasteiger partial charge in [-0.05, 0) is 24.5 Å². The van der Waals surface area contributed by atoms with Crippen molar-refractivity contribution in [3.8, 4) is 5.75 Å². The van der Waals surface area contributed by atoms with Crippen LogP contribution in [0, 0.1) is 5.92 Å². The van der Waals surface area contributed by atoms with Gasteiger partial charge in [-0.1, -0.05) is 6.07 Å². The Morgan fingerprint density at radius 3 is 3.06 bits per heavy atom. The summed E-state index contributed by atoms with van der Waals surface area (Å²) in [5.74, 6) is 0.598. The van der Waals surface area contributed by atoms with Gasteiger partial charge in [0.05, 0.1) is 7.11 Å². The second-order valence-electron chi connectivity index (χ2n) is 3.93. The number of nitrogens with one attached hydrogen (secondary N) is 1. The topological polar surface area (TPSA) is 58.6 Å². The lowest BCUT2D eigenvalue weighted by Crippen LogP contribution is -2.30. The van der Waals surface area contributed by atoms with E-state index in [1.807, 2.05) is 18.2 Å². The molecule has 0 aromatic heterocycles. The summed E-state index contributed by atoms with van der Waals surface area (Å²) in [7, 11) is 1.60. The lowest BCUT2D eigenvalue weighted by atomic mass is 9.91. The third-order valence-corrected chi connectivity index (χ3v) is 2.89. The fourth-order valence-corrected chi connectivity index (χ4v) is 1.96. The number of ether oxygens (including phenoxy) is 1. The van der Waals surface area contributed by atoms with Crippen LogP contribution in [0.1, 0.15) is 12.0 Å². The van der Waals surface area contributed by atoms with Gasteiger partial charge in [-0.3, -0.25) is 4.79 Å². The highest BCUT2D eigenvalue weighted by molar-refractivity contribution is 5.95. The maximum absolute atomic E-state index is 11.7. The zero-order valence-corrected chi connectivity index (χ0v) is 9.19. The van der Waals surface area contributed by atoms with Crippen LogP contribution >= 0.6 is 0 Å². The normalized spacial score (nSPS) is 18.9. The Hall–Kier alpha value is -1.55. The quantitative estimate of drug-likeness (QED) is 0.806. The van der Waals surface area contributed by atoms with Crippen molar-refractivity contribution in [2.24, 2.45) is 5.92 Å². The zero-order valence-electron chi connectivity index (χ0n) is 9.19. The first-order chi connectivity index (χ1) is 7.74. The minimum Gasteiger partial charge on any atom is -0.497 e. The summed E-state index contributed by atoms with van der Waals surface area (Å²) < 4.78 is 5.10. The fourth-order valence-electron chi connectivity index (χ4n) is 1.96. The number of aliphatic hydroxyl groups is 1. The molecule has 0 spiro atoms. The van der Waals surface area contributed by atoms with Gasteiger partial charge in [0, 0.05) is 24.3 Å². The SMILES string of the molecule is COc1ccc2c(c1)NC(=O)C(CCO)C2. The molecule has 1 aliphatic rings. The zero-order chi connectivity index (χ0) is 11.5. The van der Waals surface area contributed by atoms with Gasteiger partial charge in [-0.2, -0.15) is 0 Å². The predicted octanol–water partition coefficient (Wildman–Crippen LogP) is 1.19. The van der Waals surface area contributed by atoms with Crippen molar-refractivity contribution >= 4 is 11.6 Å². The van der Waals surface area contributed by atoms with Crippen LogP contribution in [0.15, 0.2) is 18.2 Å². The van der Waals surface area contributed by atoms with E-state index in [4.69, 9.17) is 9.84 Å². The van der Waals surface area contributed by atoms with E-state index in [2.05, 4.69) is 5.32 Å². The summed E-state index contributed by atoms with van der Waals surface area (Å²) in [6.07, 6.45) is 1.20. The largest absolute Gasteiger partial charge is 0.497 e. The molecule has 1 unspecified atom stereocenters. The Labute approximate surface area is 94.2 Å². The minimum atomic E-state index is -0.120. The van der Waals surface area contributed by atoms with Gasteiger partial charge in [0.1, 0.15) is 5.75 Å². The Bertz CT molecular complexity index is 403. The second-order valence-corrected chi connectivity index (χ2v) is 3.93. The van der Waals surface area contributed by atoms with Crippen LogP contribution in [0.3, 0.4) is 0 Å². The van der Waals surface area contributed by atoms with E-state index in [1.54, 1.807) is 7.11 Å². The van der Waals surface area contributed by atoms with Crippen molar-refractivity contribution in [3.63, 3.8) is 0 Å². The molecule has 0 radical (unpaired) electrons. The van der Waals surface area contributed by atoms with Crippen molar-refractivity contribution in [3.05, 3.63) is 23.8 Å². The number of fused-ring (bicyclic) bond motifs is 1. The maximum atomic E-state index is 11.7. The second kappa shape index (κ2) is 4.53. The molecular formula is C12H15NO3. The minimum absolute atomic E-state index is 0.0187. The number of rotatable bonds is 3. The van der Waals surface area contributed by atoms with Crippen LogP contribution < -0.4 is 10.1 Å². The summed E-state index contributed by atoms with van der Waals surface area (Å²) >= 11 is 0. The van der Waals surface area contributed by atoms with Gasteiger partial charge in [0.25, 0.3) is 0 Å². The van der Waals surface area contributed by atoms with E-state index >= 15 is 0 Å². The fraction of sp³-hybridized carbons (Fsp3) is 0.417. The molecule has 16 heavy (non-hydrogen) atoms. The number of methoxy groups -OCH3 is 1. The smallest absolute Gasteiger partial charge is 0.227 e. The molecule has 0 bridgehead atoms. The number of hydrogen-bond acceptors (Lipinski definition) is 3. The van der Waals surface area contributed by atoms with Gasteiger partial charge in [-0.15, -0.1) is 0 Å². The summed E-state index contributed by atoms with van der Waals surface area (Å²) in [4.78, 5) is 11.7. The standard InChI is InChI=1S/C12H15NO3/c1-16-10-3-2-8-6-9(4-5-14)12(15)13-11(8)7-10/h2-3,7,9,14H,4-6H2,1H3,(H,13,15). The Kier molecular flexibility index (Phi) is 3.10. The molecule has 1 amide bonds. The van der Waals surface area contributed by atoms with E-state index in [-0.39, 0.29) is 18.4 Å². The lowest BCUT2D eigenvalue weighted by Gasteiger charge is -2.24. The van der Waals surface area contributed by atoms with Crippen LogP contribution in [0.5, 0.6) is 5.75 Å². The third kappa shape index (κ3) is 2.02. The molecule has 4 nitrogen and oxygen atoms in total. The van der Waals surface area contributed by atoms with Gasteiger partial charge < -0.3 is 15.2 Å². The van der Waals surface area contributed by atoms with E-state index in [9.17, 15) is 4.79 Å². The summed E-state index contributed by atoms with van der Waals surface area (Å²) in [5.41, 5.74) is 1.91. The van der Waals surface area contributed by atoms with Gasteiger partial charge in [0.2, 0.25) is 5.91 Å². The van der Waals surface area contributed by atoms with Gasteiger partial charge in [-0.25, -0.2) is 0 Å². The van der Waals surface area contributed by atoms with Crippen molar-refractivity contribution < 1.29 is 14.6 Å². The molecule has 1 aliphatic heterocycles. The molecule has 0 fully saturated rings. The number of aliphatic hydroxyl groups excluding tert-OH is 1. The number of carbonyl (C=O) groups excluding carboxylic acids is 1. The van der Waals surface area contributed by atoms with Crippen molar-refractivity contribution in [1.82, 2.24) is 0 Å². The molecule has 2 N–H and O–H groups in total. The number of carbonyl (C=O) groups is 1. The van der Waals surface area contributed by atoms with E-state index < -0.39 is 0 Å². The number of hydrogen-bond donors (Lipinski definition) is 2.